The Balaban J connectivity index is 1.40. The second-order valence-electron chi connectivity index (χ2n) is 7.58. The number of anilines is 1. The van der Waals surface area contributed by atoms with E-state index in [2.05, 4.69) is 39.6 Å². The van der Waals surface area contributed by atoms with E-state index in [0.717, 1.165) is 41.9 Å². The second kappa shape index (κ2) is 8.52. The van der Waals surface area contributed by atoms with Crippen molar-refractivity contribution in [1.82, 2.24) is 15.2 Å². The van der Waals surface area contributed by atoms with Crippen LogP contribution in [0.25, 0.3) is 10.9 Å². The van der Waals surface area contributed by atoms with Gasteiger partial charge in [0.15, 0.2) is 5.82 Å². The zero-order valence-electron chi connectivity index (χ0n) is 16.1. The van der Waals surface area contributed by atoms with Gasteiger partial charge in [-0.1, -0.05) is 37.3 Å². The number of nitrogens with zero attached hydrogens (tertiary/aromatic N) is 2. The molecule has 2 aromatic heterocycles. The molecule has 3 heterocycles. The highest BCUT2D eigenvalue weighted by Crippen LogP contribution is 2.24. The standard InChI is InChI=1S/C22H26N4O2/c1-15(16-6-3-2-4-7-16)10-19(27)11-18-12-21-20(13-23-18)22(26-25-21)24-17-8-5-9-28-14-17/h2-4,6-7,12-13,15,17H,5,8-11,14H2,1H3,(H2,24,25,26)/t15-,17?/m0/s1. The summed E-state index contributed by atoms with van der Waals surface area (Å²) in [5.74, 6) is 1.20. The van der Waals surface area contributed by atoms with Crippen LogP contribution in [0.5, 0.6) is 0 Å². The van der Waals surface area contributed by atoms with Gasteiger partial charge in [0.25, 0.3) is 0 Å². The molecule has 0 amide bonds. The Morgan fingerprint density at radius 1 is 1.36 bits per heavy atom. The van der Waals surface area contributed by atoms with Crippen LogP contribution in [0.15, 0.2) is 42.6 Å². The maximum absolute atomic E-state index is 12.5. The molecule has 0 saturated carbocycles. The Labute approximate surface area is 164 Å². The van der Waals surface area contributed by atoms with E-state index < -0.39 is 0 Å². The number of aromatic nitrogens is 3. The molecule has 1 fully saturated rings. The van der Waals surface area contributed by atoms with E-state index in [4.69, 9.17) is 4.74 Å². The molecular weight excluding hydrogens is 352 g/mol. The number of carbonyl (C=O) groups is 1. The predicted octanol–water partition coefficient (Wildman–Crippen LogP) is 3.85. The summed E-state index contributed by atoms with van der Waals surface area (Å²) in [5.41, 5.74) is 2.86. The highest BCUT2D eigenvalue weighted by molar-refractivity contribution is 5.90. The van der Waals surface area contributed by atoms with Crippen LogP contribution in [0.2, 0.25) is 0 Å². The Kier molecular flexibility index (Phi) is 5.67. The molecule has 146 valence electrons. The summed E-state index contributed by atoms with van der Waals surface area (Å²) in [5, 5.41) is 11.8. The Hall–Kier alpha value is -2.73. The minimum Gasteiger partial charge on any atom is -0.379 e. The maximum atomic E-state index is 12.5. The number of nitrogens with one attached hydrogen (secondary N) is 2. The summed E-state index contributed by atoms with van der Waals surface area (Å²) in [6.07, 6.45) is 4.79. The molecular formula is C22H26N4O2. The van der Waals surface area contributed by atoms with Crippen LogP contribution >= 0.6 is 0 Å². The van der Waals surface area contributed by atoms with E-state index >= 15 is 0 Å². The fourth-order valence-electron chi connectivity index (χ4n) is 3.73. The van der Waals surface area contributed by atoms with Crippen LogP contribution in [0.3, 0.4) is 0 Å². The van der Waals surface area contributed by atoms with Gasteiger partial charge in [-0.15, -0.1) is 0 Å². The van der Waals surface area contributed by atoms with Crippen LogP contribution in [-0.4, -0.2) is 40.2 Å². The summed E-state index contributed by atoms with van der Waals surface area (Å²) in [7, 11) is 0. The fourth-order valence-corrected chi connectivity index (χ4v) is 3.73. The quantitative estimate of drug-likeness (QED) is 0.653. The normalized spacial score (nSPS) is 18.1. The molecule has 4 rings (SSSR count). The minimum absolute atomic E-state index is 0.195. The van der Waals surface area contributed by atoms with Crippen LogP contribution in [0.4, 0.5) is 5.82 Å². The molecule has 1 unspecified atom stereocenters. The first kappa shape index (κ1) is 18.6. The molecule has 0 spiro atoms. The van der Waals surface area contributed by atoms with E-state index in [1.807, 2.05) is 24.3 Å². The summed E-state index contributed by atoms with van der Waals surface area (Å²) in [4.78, 5) is 17.0. The topological polar surface area (TPSA) is 79.9 Å². The second-order valence-corrected chi connectivity index (χ2v) is 7.58. The highest BCUT2D eigenvalue weighted by Gasteiger charge is 2.17. The average Bonchev–Trinajstić information content (AvgIpc) is 3.11. The lowest BCUT2D eigenvalue weighted by Crippen LogP contribution is -2.30. The average molecular weight is 378 g/mol. The third-order valence-electron chi connectivity index (χ3n) is 5.29. The van der Waals surface area contributed by atoms with Gasteiger partial charge in [-0.25, -0.2) is 0 Å². The molecule has 1 saturated heterocycles. The summed E-state index contributed by atoms with van der Waals surface area (Å²) in [6.45, 7) is 3.63. The summed E-state index contributed by atoms with van der Waals surface area (Å²) in [6, 6.07) is 12.4. The molecule has 0 aliphatic carbocycles. The van der Waals surface area contributed by atoms with Crippen molar-refractivity contribution in [3.63, 3.8) is 0 Å². The molecule has 28 heavy (non-hydrogen) atoms. The van der Waals surface area contributed by atoms with Crippen LogP contribution < -0.4 is 5.32 Å². The van der Waals surface area contributed by atoms with Crippen LogP contribution in [0.1, 0.15) is 43.4 Å². The Morgan fingerprint density at radius 2 is 2.21 bits per heavy atom. The van der Waals surface area contributed by atoms with Gasteiger partial charge in [-0.2, -0.15) is 5.10 Å². The van der Waals surface area contributed by atoms with Crippen molar-refractivity contribution < 1.29 is 9.53 Å². The number of rotatable bonds is 7. The monoisotopic (exact) mass is 378 g/mol. The molecule has 0 bridgehead atoms. The van der Waals surface area contributed by atoms with Gasteiger partial charge in [0.1, 0.15) is 5.78 Å². The van der Waals surface area contributed by atoms with E-state index in [9.17, 15) is 4.79 Å². The molecule has 1 aliphatic rings. The lowest BCUT2D eigenvalue weighted by atomic mass is 9.94. The van der Waals surface area contributed by atoms with Crippen LogP contribution in [0, 0.1) is 0 Å². The fraction of sp³-hybridized carbons (Fsp3) is 0.409. The van der Waals surface area contributed by atoms with Crippen molar-refractivity contribution >= 4 is 22.5 Å². The number of Topliss-reactive ketones (excluding diaryl/α,β-unsaturated/α-hetero) is 1. The Bertz CT molecular complexity index is 932. The predicted molar refractivity (Wildman–Crippen MR) is 110 cm³/mol. The summed E-state index contributed by atoms with van der Waals surface area (Å²) < 4.78 is 5.52. The molecule has 1 aliphatic heterocycles. The Morgan fingerprint density at radius 3 is 3.00 bits per heavy atom. The smallest absolute Gasteiger partial charge is 0.157 e. The zero-order valence-corrected chi connectivity index (χ0v) is 16.1. The summed E-state index contributed by atoms with van der Waals surface area (Å²) >= 11 is 0. The lowest BCUT2D eigenvalue weighted by molar-refractivity contribution is -0.118. The van der Waals surface area contributed by atoms with Crippen molar-refractivity contribution in [2.75, 3.05) is 18.5 Å². The van der Waals surface area contributed by atoms with Gasteiger partial charge in [0.05, 0.1) is 23.6 Å². The number of carbonyl (C=O) groups excluding carboxylic acids is 1. The first-order valence-electron chi connectivity index (χ1n) is 9.93. The number of hydrogen-bond acceptors (Lipinski definition) is 5. The minimum atomic E-state index is 0.195. The highest BCUT2D eigenvalue weighted by atomic mass is 16.5. The maximum Gasteiger partial charge on any atom is 0.157 e. The first-order chi connectivity index (χ1) is 13.7. The zero-order chi connectivity index (χ0) is 19.3. The number of benzene rings is 1. The van der Waals surface area contributed by atoms with Crippen molar-refractivity contribution in [1.29, 1.82) is 0 Å². The number of pyridine rings is 1. The molecule has 1 aromatic carbocycles. The number of H-pyrrole nitrogens is 1. The van der Waals surface area contributed by atoms with Crippen molar-refractivity contribution in [2.24, 2.45) is 0 Å². The van der Waals surface area contributed by atoms with Gasteiger partial charge in [0, 0.05) is 31.3 Å². The van der Waals surface area contributed by atoms with Gasteiger partial charge in [-0.05, 0) is 30.4 Å². The van der Waals surface area contributed by atoms with Gasteiger partial charge < -0.3 is 10.1 Å². The lowest BCUT2D eigenvalue weighted by Gasteiger charge is -2.23. The van der Waals surface area contributed by atoms with E-state index in [1.165, 1.54) is 5.56 Å². The third-order valence-corrected chi connectivity index (χ3v) is 5.29. The third kappa shape index (κ3) is 4.39. The number of aromatic amines is 1. The molecule has 6 nitrogen and oxygen atoms in total. The van der Waals surface area contributed by atoms with Crippen molar-refractivity contribution in [2.45, 2.75) is 44.6 Å². The van der Waals surface area contributed by atoms with Gasteiger partial charge in [0.2, 0.25) is 0 Å². The molecule has 3 aromatic rings. The van der Waals surface area contributed by atoms with E-state index in [-0.39, 0.29) is 17.7 Å². The van der Waals surface area contributed by atoms with Crippen molar-refractivity contribution in [3.05, 3.63) is 53.9 Å². The van der Waals surface area contributed by atoms with Gasteiger partial charge >= 0.3 is 0 Å². The first-order valence-corrected chi connectivity index (χ1v) is 9.93. The molecule has 0 radical (unpaired) electrons. The van der Waals surface area contributed by atoms with E-state index in [1.54, 1.807) is 6.20 Å². The largest absolute Gasteiger partial charge is 0.379 e. The number of ether oxygens (including phenoxy) is 1. The molecule has 2 atom stereocenters. The SMILES string of the molecule is C[C@@H](CC(=O)Cc1cc2[nH]nc(NC3CCCOC3)c2cn1)c1ccccc1. The van der Waals surface area contributed by atoms with Crippen LogP contribution in [-0.2, 0) is 16.0 Å². The number of ketones is 1. The molecule has 2 N–H and O–H groups in total. The number of fused-ring (bicyclic) bond motifs is 1. The van der Waals surface area contributed by atoms with Crippen molar-refractivity contribution in [3.8, 4) is 0 Å². The number of hydrogen-bond donors (Lipinski definition) is 2. The van der Waals surface area contributed by atoms with Gasteiger partial charge in [-0.3, -0.25) is 14.9 Å². The molecule has 6 heteroatoms. The van der Waals surface area contributed by atoms with E-state index in [0.29, 0.717) is 19.4 Å².